The second-order valence-corrected chi connectivity index (χ2v) is 13.9. The number of fused-ring (bicyclic) bond motifs is 2. The minimum absolute atomic E-state index is 0.00591. The van der Waals surface area contributed by atoms with Crippen LogP contribution >= 0.6 is 11.3 Å². The van der Waals surface area contributed by atoms with Crippen LogP contribution in [0.25, 0.3) is 10.6 Å². The van der Waals surface area contributed by atoms with E-state index in [1.165, 1.54) is 35.9 Å². The number of rotatable bonds is 5. The van der Waals surface area contributed by atoms with Crippen LogP contribution in [-0.4, -0.2) is 66.5 Å². The number of carbonyl (C=O) groups excluding carboxylic acids is 1. The van der Waals surface area contributed by atoms with Crippen molar-refractivity contribution in [3.63, 3.8) is 0 Å². The highest BCUT2D eigenvalue weighted by atomic mass is 32.2. The number of benzene rings is 1. The molecule has 2 aromatic heterocycles. The Hall–Kier alpha value is -3.03. The van der Waals surface area contributed by atoms with Crippen molar-refractivity contribution >= 4 is 38.7 Å². The molecule has 1 amide bonds. The zero-order valence-electron chi connectivity index (χ0n) is 22.0. The molecule has 2 aliphatic heterocycles. The molecule has 1 N–H and O–H groups in total. The molecule has 0 atom stereocenters. The van der Waals surface area contributed by atoms with Crippen LogP contribution in [0.15, 0.2) is 29.3 Å². The number of hydrogen-bond acceptors (Lipinski definition) is 8. The summed E-state index contributed by atoms with van der Waals surface area (Å²) in [5, 5.41) is 3.08. The highest BCUT2D eigenvalue weighted by Gasteiger charge is 2.38. The maximum Gasteiger partial charge on any atom is 0.420 e. The van der Waals surface area contributed by atoms with Crippen molar-refractivity contribution in [3.05, 3.63) is 51.5 Å². The summed E-state index contributed by atoms with van der Waals surface area (Å²) in [7, 11) is -2.39. The molecule has 1 aliphatic carbocycles. The van der Waals surface area contributed by atoms with E-state index in [-0.39, 0.29) is 32.9 Å². The summed E-state index contributed by atoms with van der Waals surface area (Å²) in [6, 6.07) is 5.24. The van der Waals surface area contributed by atoms with Gasteiger partial charge in [0.25, 0.3) is 5.91 Å². The van der Waals surface area contributed by atoms with Crippen molar-refractivity contribution in [1.82, 2.24) is 19.8 Å². The van der Waals surface area contributed by atoms with Crippen LogP contribution < -0.4 is 5.32 Å². The molecule has 8 nitrogen and oxygen atoms in total. The average molecular weight is 592 g/mol. The zero-order valence-corrected chi connectivity index (χ0v) is 23.6. The Morgan fingerprint density at radius 3 is 2.65 bits per heavy atom. The molecular weight excluding hydrogens is 563 g/mol. The molecule has 13 heteroatoms. The number of nitrogens with one attached hydrogen (secondary N) is 1. The predicted octanol–water partition coefficient (Wildman–Crippen LogP) is 4.90. The molecule has 1 fully saturated rings. The van der Waals surface area contributed by atoms with Gasteiger partial charge in [-0.3, -0.25) is 9.69 Å². The maximum absolute atomic E-state index is 14.0. The summed E-state index contributed by atoms with van der Waals surface area (Å²) in [5.74, 6) is -0.0929. The van der Waals surface area contributed by atoms with E-state index in [0.717, 1.165) is 43.6 Å². The van der Waals surface area contributed by atoms with E-state index in [1.807, 2.05) is 13.0 Å². The molecular formula is C27H28F3N5O3S2. The van der Waals surface area contributed by atoms with Gasteiger partial charge >= 0.3 is 6.18 Å². The molecule has 1 saturated carbocycles. The van der Waals surface area contributed by atoms with Gasteiger partial charge in [0.1, 0.15) is 10.4 Å². The van der Waals surface area contributed by atoms with Crippen LogP contribution in [0.2, 0.25) is 0 Å². The number of carbonyl (C=O) groups is 1. The van der Waals surface area contributed by atoms with Gasteiger partial charge in [0, 0.05) is 45.1 Å². The van der Waals surface area contributed by atoms with E-state index >= 15 is 0 Å². The normalized spacial score (nSPS) is 19.2. The number of thiophene rings is 1. The van der Waals surface area contributed by atoms with Gasteiger partial charge in [-0.25, -0.2) is 18.4 Å². The third kappa shape index (κ3) is 5.21. The summed E-state index contributed by atoms with van der Waals surface area (Å²) < 4.78 is 67.6. The van der Waals surface area contributed by atoms with E-state index in [4.69, 9.17) is 0 Å². The van der Waals surface area contributed by atoms with Crippen molar-refractivity contribution in [2.45, 2.75) is 43.8 Å². The van der Waals surface area contributed by atoms with Gasteiger partial charge in [0.15, 0.2) is 9.84 Å². The molecule has 1 aromatic carbocycles. The molecule has 0 radical (unpaired) electrons. The second kappa shape index (κ2) is 9.81. The maximum atomic E-state index is 14.0. The molecule has 212 valence electrons. The number of nitrogens with zero attached hydrogens (tertiary/aromatic N) is 4. The lowest BCUT2D eigenvalue weighted by Crippen LogP contribution is -2.32. The summed E-state index contributed by atoms with van der Waals surface area (Å²) in [5.41, 5.74) is 2.47. The fourth-order valence-electron chi connectivity index (χ4n) is 5.22. The largest absolute Gasteiger partial charge is 0.420 e. The van der Waals surface area contributed by atoms with Crippen LogP contribution in [0, 0.1) is 12.8 Å². The number of alkyl halides is 3. The second-order valence-electron chi connectivity index (χ2n) is 10.8. The Morgan fingerprint density at radius 2 is 1.93 bits per heavy atom. The minimum atomic E-state index is -4.79. The van der Waals surface area contributed by atoms with Crippen LogP contribution in [0.4, 0.5) is 24.8 Å². The minimum Gasteiger partial charge on any atom is -0.340 e. The number of anilines is 2. The van der Waals surface area contributed by atoms with Crippen molar-refractivity contribution in [1.29, 1.82) is 0 Å². The Balaban J connectivity index is 1.35. The summed E-state index contributed by atoms with van der Waals surface area (Å²) in [6.45, 7) is 4.90. The fourth-order valence-corrected chi connectivity index (χ4v) is 8.25. The first-order valence-electron chi connectivity index (χ1n) is 13.1. The zero-order chi connectivity index (χ0) is 28.4. The van der Waals surface area contributed by atoms with Gasteiger partial charge < -0.3 is 10.2 Å². The topological polar surface area (TPSA) is 95.5 Å². The average Bonchev–Trinajstić information content (AvgIpc) is 3.60. The molecule has 0 bridgehead atoms. The molecule has 6 rings (SSSR count). The highest BCUT2D eigenvalue weighted by Crippen LogP contribution is 2.42. The van der Waals surface area contributed by atoms with Crippen LogP contribution in [-0.2, 0) is 29.0 Å². The predicted molar refractivity (Wildman–Crippen MR) is 146 cm³/mol. The van der Waals surface area contributed by atoms with E-state index in [9.17, 15) is 26.4 Å². The van der Waals surface area contributed by atoms with E-state index in [0.29, 0.717) is 23.2 Å². The van der Waals surface area contributed by atoms with Crippen LogP contribution in [0.1, 0.15) is 44.8 Å². The van der Waals surface area contributed by atoms with Gasteiger partial charge in [0.05, 0.1) is 21.2 Å². The standard InChI is InChI=1S/C27H28F3N5O3S2/c1-15-9-18-14-35(13-16-3-4-16)6-5-17(18)10-20(15)32-26-31-12-19(27(28,29)30)23(33-26)21-11-22-24(39-21)25(36)34(2)7-8-40(22,37)38/h9-12,16H,3-8,13-14H2,1-2H3,(H,31,32,33). The Morgan fingerprint density at radius 1 is 1.15 bits per heavy atom. The quantitative estimate of drug-likeness (QED) is 0.451. The number of halogens is 3. The van der Waals surface area contributed by atoms with Gasteiger partial charge in [-0.1, -0.05) is 6.07 Å². The summed E-state index contributed by atoms with van der Waals surface area (Å²) in [6.07, 6.45) is -0.604. The number of amides is 1. The number of hydrogen-bond donors (Lipinski definition) is 1. The van der Waals surface area contributed by atoms with Crippen LogP contribution in [0.3, 0.4) is 0 Å². The van der Waals surface area contributed by atoms with Crippen LogP contribution in [0.5, 0.6) is 0 Å². The molecule has 3 aromatic rings. The summed E-state index contributed by atoms with van der Waals surface area (Å²) in [4.78, 5) is 24.2. The SMILES string of the molecule is Cc1cc2c(cc1Nc1ncc(C(F)(F)F)c(-c3cc4c(s3)C(=O)N(C)CCS4(=O)=O)n1)CCN(CC1CC1)C2. The first-order valence-corrected chi connectivity index (χ1v) is 15.5. The fraction of sp³-hybridized carbons (Fsp3) is 0.444. The summed E-state index contributed by atoms with van der Waals surface area (Å²) >= 11 is 0.699. The molecule has 0 spiro atoms. The van der Waals surface area contributed by atoms with Crippen molar-refractivity contribution in [2.75, 3.05) is 37.8 Å². The molecule has 0 unspecified atom stereocenters. The van der Waals surface area contributed by atoms with E-state index in [1.54, 1.807) is 0 Å². The Labute approximate surface area is 234 Å². The number of aryl methyl sites for hydroxylation is 1. The van der Waals surface area contributed by atoms with Gasteiger partial charge in [-0.05, 0) is 60.9 Å². The number of aromatic nitrogens is 2. The molecule has 0 saturated heterocycles. The van der Waals surface area contributed by atoms with Gasteiger partial charge in [0.2, 0.25) is 5.95 Å². The van der Waals surface area contributed by atoms with E-state index in [2.05, 4.69) is 26.3 Å². The highest BCUT2D eigenvalue weighted by molar-refractivity contribution is 7.91. The molecule has 4 heterocycles. The Bertz CT molecular complexity index is 1620. The molecule has 3 aliphatic rings. The van der Waals surface area contributed by atoms with Crippen molar-refractivity contribution in [2.24, 2.45) is 5.92 Å². The first kappa shape index (κ1) is 27.2. The smallest absolute Gasteiger partial charge is 0.340 e. The van der Waals surface area contributed by atoms with Gasteiger partial charge in [-0.15, -0.1) is 11.3 Å². The lowest BCUT2D eigenvalue weighted by molar-refractivity contribution is -0.137. The van der Waals surface area contributed by atoms with Crippen molar-refractivity contribution < 1.29 is 26.4 Å². The van der Waals surface area contributed by atoms with Crippen molar-refractivity contribution in [3.8, 4) is 10.6 Å². The third-order valence-corrected chi connectivity index (χ3v) is 10.7. The molecule has 40 heavy (non-hydrogen) atoms. The Kier molecular flexibility index (Phi) is 6.66. The lowest BCUT2D eigenvalue weighted by atomic mass is 9.96. The monoisotopic (exact) mass is 591 g/mol. The number of sulfone groups is 1. The third-order valence-electron chi connectivity index (χ3n) is 7.69. The first-order chi connectivity index (χ1) is 18.9. The van der Waals surface area contributed by atoms with Gasteiger partial charge in [-0.2, -0.15) is 13.2 Å². The van der Waals surface area contributed by atoms with E-state index < -0.39 is 33.2 Å². The lowest BCUT2D eigenvalue weighted by Gasteiger charge is -2.29.